The third-order valence-electron chi connectivity index (χ3n) is 5.84. The number of hydrogen-bond acceptors (Lipinski definition) is 2. The quantitative estimate of drug-likeness (QED) is 0.857. The summed E-state index contributed by atoms with van der Waals surface area (Å²) in [7, 11) is 0. The SMILES string of the molecule is Cc1ccccc1C(NCC1CCNC1)C1CCC(C)CC1. The lowest BCUT2D eigenvalue weighted by atomic mass is 9.76. The standard InChI is InChI=1S/C20H32N2/c1-15-7-9-18(10-8-15)20(19-6-4-3-5-16(19)2)22-14-17-11-12-21-13-17/h3-6,15,17-18,20-22H,7-14H2,1-2H3. The van der Waals surface area contributed by atoms with Gasteiger partial charge in [0.15, 0.2) is 0 Å². The van der Waals surface area contributed by atoms with Crippen molar-refractivity contribution in [1.29, 1.82) is 0 Å². The summed E-state index contributed by atoms with van der Waals surface area (Å²) >= 11 is 0. The van der Waals surface area contributed by atoms with E-state index in [9.17, 15) is 0 Å². The van der Waals surface area contributed by atoms with Gasteiger partial charge in [0, 0.05) is 6.04 Å². The minimum Gasteiger partial charge on any atom is -0.316 e. The maximum atomic E-state index is 3.96. The molecule has 1 saturated carbocycles. The Bertz CT molecular complexity index is 457. The maximum Gasteiger partial charge on any atom is 0.0351 e. The normalized spacial score (nSPS) is 30.4. The lowest BCUT2D eigenvalue weighted by Gasteiger charge is -2.35. The molecule has 0 spiro atoms. The van der Waals surface area contributed by atoms with Gasteiger partial charge in [-0.3, -0.25) is 0 Å². The average molecular weight is 300 g/mol. The summed E-state index contributed by atoms with van der Waals surface area (Å²) in [5.41, 5.74) is 2.98. The Morgan fingerprint density at radius 2 is 1.91 bits per heavy atom. The summed E-state index contributed by atoms with van der Waals surface area (Å²) in [4.78, 5) is 0. The molecule has 2 N–H and O–H groups in total. The average Bonchev–Trinajstić information content (AvgIpc) is 3.04. The fraction of sp³-hybridized carbons (Fsp3) is 0.700. The van der Waals surface area contributed by atoms with Crippen molar-refractivity contribution in [3.63, 3.8) is 0 Å². The molecule has 0 bridgehead atoms. The van der Waals surface area contributed by atoms with Crippen molar-refractivity contribution in [2.24, 2.45) is 17.8 Å². The zero-order chi connectivity index (χ0) is 15.4. The monoisotopic (exact) mass is 300 g/mol. The smallest absolute Gasteiger partial charge is 0.0351 e. The van der Waals surface area contributed by atoms with Crippen LogP contribution in [0.25, 0.3) is 0 Å². The van der Waals surface area contributed by atoms with Crippen molar-refractivity contribution >= 4 is 0 Å². The van der Waals surface area contributed by atoms with E-state index in [2.05, 4.69) is 48.7 Å². The number of hydrogen-bond donors (Lipinski definition) is 2. The third-order valence-corrected chi connectivity index (χ3v) is 5.84. The molecule has 2 unspecified atom stereocenters. The summed E-state index contributed by atoms with van der Waals surface area (Å²) in [6.45, 7) is 8.23. The Balaban J connectivity index is 1.71. The lowest BCUT2D eigenvalue weighted by Crippen LogP contribution is -2.35. The zero-order valence-corrected chi connectivity index (χ0v) is 14.3. The molecule has 2 atom stereocenters. The molecule has 1 aromatic carbocycles. The molecule has 0 aromatic heterocycles. The predicted octanol–water partition coefficient (Wildman–Crippen LogP) is 4.06. The molecule has 22 heavy (non-hydrogen) atoms. The van der Waals surface area contributed by atoms with Gasteiger partial charge in [-0.1, -0.05) is 44.0 Å². The van der Waals surface area contributed by atoms with E-state index in [-0.39, 0.29) is 0 Å². The van der Waals surface area contributed by atoms with Crippen LogP contribution in [0.1, 0.15) is 56.2 Å². The molecule has 2 aliphatic rings. The number of aryl methyl sites for hydroxylation is 1. The molecule has 0 amide bonds. The molecule has 2 heteroatoms. The first-order valence-corrected chi connectivity index (χ1v) is 9.23. The minimum absolute atomic E-state index is 0.550. The van der Waals surface area contributed by atoms with Crippen molar-refractivity contribution < 1.29 is 0 Å². The Hall–Kier alpha value is -0.860. The van der Waals surface area contributed by atoms with Gasteiger partial charge in [0.2, 0.25) is 0 Å². The summed E-state index contributed by atoms with van der Waals surface area (Å²) in [6.07, 6.45) is 6.90. The number of benzene rings is 1. The number of rotatable bonds is 5. The molecular formula is C20H32N2. The Labute approximate surface area is 136 Å². The van der Waals surface area contributed by atoms with Gasteiger partial charge in [-0.15, -0.1) is 0 Å². The minimum atomic E-state index is 0.550. The Kier molecular flexibility index (Phi) is 5.54. The molecular weight excluding hydrogens is 268 g/mol. The van der Waals surface area contributed by atoms with E-state index in [1.807, 2.05) is 0 Å². The van der Waals surface area contributed by atoms with Crippen molar-refractivity contribution in [3.8, 4) is 0 Å². The summed E-state index contributed by atoms with van der Waals surface area (Å²) in [5.74, 6) is 2.55. The van der Waals surface area contributed by atoms with Crippen LogP contribution in [0.5, 0.6) is 0 Å². The van der Waals surface area contributed by atoms with Crippen LogP contribution in [0, 0.1) is 24.7 Å². The first-order chi connectivity index (χ1) is 10.7. The maximum absolute atomic E-state index is 3.96. The van der Waals surface area contributed by atoms with Gasteiger partial charge >= 0.3 is 0 Å². The largest absolute Gasteiger partial charge is 0.316 e. The molecule has 1 aliphatic heterocycles. The highest BCUT2D eigenvalue weighted by molar-refractivity contribution is 5.29. The van der Waals surface area contributed by atoms with Gasteiger partial charge in [0.05, 0.1) is 0 Å². The zero-order valence-electron chi connectivity index (χ0n) is 14.3. The molecule has 3 rings (SSSR count). The summed E-state index contributed by atoms with van der Waals surface area (Å²) in [6, 6.07) is 9.54. The van der Waals surface area contributed by atoms with Crippen LogP contribution in [0.3, 0.4) is 0 Å². The summed E-state index contributed by atoms with van der Waals surface area (Å²) < 4.78 is 0. The van der Waals surface area contributed by atoms with E-state index in [0.717, 1.165) is 24.3 Å². The second-order valence-electron chi connectivity index (χ2n) is 7.62. The van der Waals surface area contributed by atoms with E-state index in [0.29, 0.717) is 6.04 Å². The van der Waals surface area contributed by atoms with Crippen molar-refractivity contribution in [2.45, 2.75) is 52.0 Å². The number of nitrogens with one attached hydrogen (secondary N) is 2. The summed E-state index contributed by atoms with van der Waals surface area (Å²) in [5, 5.41) is 7.46. The van der Waals surface area contributed by atoms with Crippen LogP contribution in [-0.4, -0.2) is 19.6 Å². The molecule has 1 heterocycles. The van der Waals surface area contributed by atoms with E-state index in [1.54, 1.807) is 0 Å². The van der Waals surface area contributed by atoms with Crippen LogP contribution in [-0.2, 0) is 0 Å². The highest BCUT2D eigenvalue weighted by atomic mass is 15.0. The van der Waals surface area contributed by atoms with Crippen LogP contribution >= 0.6 is 0 Å². The lowest BCUT2D eigenvalue weighted by molar-refractivity contribution is 0.226. The molecule has 0 radical (unpaired) electrons. The molecule has 122 valence electrons. The van der Waals surface area contributed by atoms with Crippen molar-refractivity contribution in [1.82, 2.24) is 10.6 Å². The van der Waals surface area contributed by atoms with Crippen molar-refractivity contribution in [2.75, 3.05) is 19.6 Å². The highest BCUT2D eigenvalue weighted by Gasteiger charge is 2.28. The van der Waals surface area contributed by atoms with Gasteiger partial charge in [-0.05, 0) is 74.7 Å². The Morgan fingerprint density at radius 1 is 1.14 bits per heavy atom. The van der Waals surface area contributed by atoms with E-state index < -0.39 is 0 Å². The topological polar surface area (TPSA) is 24.1 Å². The third kappa shape index (κ3) is 3.91. The van der Waals surface area contributed by atoms with Crippen LogP contribution in [0.2, 0.25) is 0 Å². The van der Waals surface area contributed by atoms with Gasteiger partial charge in [0.1, 0.15) is 0 Å². The highest BCUT2D eigenvalue weighted by Crippen LogP contribution is 2.37. The first kappa shape index (κ1) is 16.0. The van der Waals surface area contributed by atoms with E-state index >= 15 is 0 Å². The molecule has 2 fully saturated rings. The predicted molar refractivity (Wildman–Crippen MR) is 94.0 cm³/mol. The van der Waals surface area contributed by atoms with Gasteiger partial charge in [-0.2, -0.15) is 0 Å². The van der Waals surface area contributed by atoms with Crippen LogP contribution in [0.15, 0.2) is 24.3 Å². The van der Waals surface area contributed by atoms with Crippen LogP contribution in [0.4, 0.5) is 0 Å². The van der Waals surface area contributed by atoms with E-state index in [1.165, 1.54) is 56.3 Å². The first-order valence-electron chi connectivity index (χ1n) is 9.23. The molecule has 1 saturated heterocycles. The van der Waals surface area contributed by atoms with Crippen LogP contribution < -0.4 is 10.6 Å². The van der Waals surface area contributed by atoms with E-state index in [4.69, 9.17) is 0 Å². The molecule has 2 nitrogen and oxygen atoms in total. The van der Waals surface area contributed by atoms with Gasteiger partial charge in [-0.25, -0.2) is 0 Å². The molecule has 1 aromatic rings. The van der Waals surface area contributed by atoms with Gasteiger partial charge in [0.25, 0.3) is 0 Å². The molecule has 1 aliphatic carbocycles. The second kappa shape index (κ2) is 7.61. The van der Waals surface area contributed by atoms with Crippen molar-refractivity contribution in [3.05, 3.63) is 35.4 Å². The van der Waals surface area contributed by atoms with Gasteiger partial charge < -0.3 is 10.6 Å². The fourth-order valence-electron chi connectivity index (χ4n) is 4.27. The Morgan fingerprint density at radius 3 is 2.59 bits per heavy atom. The fourth-order valence-corrected chi connectivity index (χ4v) is 4.27. The second-order valence-corrected chi connectivity index (χ2v) is 7.62.